The van der Waals surface area contributed by atoms with E-state index in [1.165, 1.54) is 11.3 Å². The Morgan fingerprint density at radius 2 is 1.37 bits per heavy atom. The molecule has 0 radical (unpaired) electrons. The summed E-state index contributed by atoms with van der Waals surface area (Å²) in [5.74, 6) is -0.983. The maximum Gasteiger partial charge on any atom is 0.354 e. The zero-order chi connectivity index (χ0) is 18.6. The maximum atomic E-state index is 12.2. The van der Waals surface area contributed by atoms with Gasteiger partial charge in [0, 0.05) is 5.69 Å². The zero-order valence-electron chi connectivity index (χ0n) is 14.3. The van der Waals surface area contributed by atoms with E-state index in [1.807, 2.05) is 91.0 Å². The zero-order valence-corrected chi connectivity index (χ0v) is 15.1. The molecule has 0 atom stereocenters. The summed E-state index contributed by atoms with van der Waals surface area (Å²) in [6.07, 6.45) is 0. The number of rotatable bonds is 4. The molecular formula is C22H16N2O2S. The number of nitrogens with zero attached hydrogens (tertiary/aromatic N) is 2. The second-order valence-corrected chi connectivity index (χ2v) is 6.83. The molecule has 0 fully saturated rings. The van der Waals surface area contributed by atoms with Crippen molar-refractivity contribution in [1.82, 2.24) is 4.57 Å². The fraction of sp³-hybridized carbons (Fsp3) is 0. The third-order valence-electron chi connectivity index (χ3n) is 4.06. The van der Waals surface area contributed by atoms with E-state index in [9.17, 15) is 9.90 Å². The standard InChI is InChI=1S/C22H16N2O2S/c25-21(26)19-20(16-10-4-1-5-11-16)27-22(23-17-12-6-2-7-13-17)24(19)18-14-8-3-9-15-18/h1-15H,(H,25,26). The Morgan fingerprint density at radius 3 is 1.96 bits per heavy atom. The van der Waals surface area contributed by atoms with Crippen LogP contribution in [0.2, 0.25) is 0 Å². The second-order valence-electron chi connectivity index (χ2n) is 5.85. The summed E-state index contributed by atoms with van der Waals surface area (Å²) < 4.78 is 1.71. The van der Waals surface area contributed by atoms with Gasteiger partial charge in [0.25, 0.3) is 0 Å². The van der Waals surface area contributed by atoms with Crippen LogP contribution < -0.4 is 4.80 Å². The van der Waals surface area contributed by atoms with Crippen molar-refractivity contribution in [2.45, 2.75) is 0 Å². The molecule has 0 aliphatic carbocycles. The van der Waals surface area contributed by atoms with Gasteiger partial charge in [-0.3, -0.25) is 4.57 Å². The molecule has 1 N–H and O–H groups in total. The van der Waals surface area contributed by atoms with Crippen LogP contribution in [0.3, 0.4) is 0 Å². The van der Waals surface area contributed by atoms with E-state index in [-0.39, 0.29) is 5.69 Å². The molecule has 3 aromatic carbocycles. The van der Waals surface area contributed by atoms with E-state index in [4.69, 9.17) is 4.99 Å². The van der Waals surface area contributed by atoms with Crippen molar-refractivity contribution in [3.8, 4) is 16.1 Å². The van der Waals surface area contributed by atoms with Gasteiger partial charge in [-0.25, -0.2) is 9.79 Å². The number of aromatic nitrogens is 1. The Hall–Kier alpha value is -3.44. The molecule has 0 aliphatic heterocycles. The lowest BCUT2D eigenvalue weighted by atomic mass is 10.1. The highest BCUT2D eigenvalue weighted by Crippen LogP contribution is 2.29. The number of para-hydroxylation sites is 2. The highest BCUT2D eigenvalue weighted by molar-refractivity contribution is 7.13. The van der Waals surface area contributed by atoms with Crippen LogP contribution in [0.25, 0.3) is 16.1 Å². The van der Waals surface area contributed by atoms with Crippen LogP contribution in [0, 0.1) is 0 Å². The van der Waals surface area contributed by atoms with Gasteiger partial charge >= 0.3 is 5.97 Å². The third kappa shape index (κ3) is 3.45. The highest BCUT2D eigenvalue weighted by Gasteiger charge is 2.22. The maximum absolute atomic E-state index is 12.2. The van der Waals surface area contributed by atoms with Gasteiger partial charge in [-0.15, -0.1) is 0 Å². The number of carbonyl (C=O) groups is 1. The van der Waals surface area contributed by atoms with E-state index in [0.29, 0.717) is 9.68 Å². The third-order valence-corrected chi connectivity index (χ3v) is 5.15. The monoisotopic (exact) mass is 372 g/mol. The number of hydrogen-bond acceptors (Lipinski definition) is 3. The molecule has 1 heterocycles. The molecule has 0 bridgehead atoms. The number of benzene rings is 3. The molecule has 1 aromatic heterocycles. The Morgan fingerprint density at radius 1 is 0.815 bits per heavy atom. The minimum Gasteiger partial charge on any atom is -0.477 e. The minimum atomic E-state index is -0.983. The lowest BCUT2D eigenvalue weighted by Crippen LogP contribution is -2.18. The number of thiazole rings is 1. The number of carboxylic acids is 1. The van der Waals surface area contributed by atoms with E-state index in [1.54, 1.807) is 4.57 Å². The average molecular weight is 372 g/mol. The van der Waals surface area contributed by atoms with Gasteiger partial charge in [0.15, 0.2) is 10.5 Å². The SMILES string of the molecule is O=C(O)c1c(-c2ccccc2)sc(=Nc2ccccc2)n1-c1ccccc1. The summed E-state index contributed by atoms with van der Waals surface area (Å²) in [7, 11) is 0. The van der Waals surface area contributed by atoms with Crippen LogP contribution >= 0.6 is 11.3 Å². The van der Waals surface area contributed by atoms with Gasteiger partial charge in [-0.2, -0.15) is 0 Å². The van der Waals surface area contributed by atoms with Crippen molar-refractivity contribution in [3.05, 3.63) is 101 Å². The van der Waals surface area contributed by atoms with Crippen LogP contribution in [-0.2, 0) is 0 Å². The topological polar surface area (TPSA) is 54.6 Å². The summed E-state index contributed by atoms with van der Waals surface area (Å²) in [5, 5.41) is 9.99. The smallest absolute Gasteiger partial charge is 0.354 e. The summed E-state index contributed by atoms with van der Waals surface area (Å²) in [5.41, 5.74) is 2.62. The van der Waals surface area contributed by atoms with Crippen molar-refractivity contribution in [2.24, 2.45) is 4.99 Å². The quantitative estimate of drug-likeness (QED) is 0.539. The molecule has 0 aliphatic rings. The van der Waals surface area contributed by atoms with Crippen molar-refractivity contribution in [2.75, 3.05) is 0 Å². The van der Waals surface area contributed by atoms with E-state index < -0.39 is 5.97 Å². The van der Waals surface area contributed by atoms with Gasteiger partial charge < -0.3 is 5.11 Å². The molecule has 4 rings (SSSR count). The molecular weight excluding hydrogens is 356 g/mol. The molecule has 0 amide bonds. The van der Waals surface area contributed by atoms with E-state index >= 15 is 0 Å². The molecule has 4 nitrogen and oxygen atoms in total. The summed E-state index contributed by atoms with van der Waals surface area (Å²) in [6.45, 7) is 0. The number of aromatic carboxylic acids is 1. The molecule has 27 heavy (non-hydrogen) atoms. The lowest BCUT2D eigenvalue weighted by molar-refractivity contribution is 0.0689. The fourth-order valence-electron chi connectivity index (χ4n) is 2.86. The average Bonchev–Trinajstić information content (AvgIpc) is 3.09. The van der Waals surface area contributed by atoms with Gasteiger partial charge in [-0.1, -0.05) is 78.1 Å². The van der Waals surface area contributed by atoms with Gasteiger partial charge in [0.1, 0.15) is 0 Å². The predicted molar refractivity (Wildman–Crippen MR) is 108 cm³/mol. The van der Waals surface area contributed by atoms with Crippen molar-refractivity contribution in [3.63, 3.8) is 0 Å². The Balaban J connectivity index is 2.06. The first-order chi connectivity index (χ1) is 13.2. The predicted octanol–water partition coefficient (Wildman–Crippen LogP) is 5.14. The first-order valence-electron chi connectivity index (χ1n) is 8.44. The molecule has 132 valence electrons. The van der Waals surface area contributed by atoms with E-state index in [0.717, 1.165) is 16.9 Å². The molecule has 0 saturated carbocycles. The Bertz CT molecular complexity index is 1130. The summed E-state index contributed by atoms with van der Waals surface area (Å²) >= 11 is 1.37. The molecule has 4 aromatic rings. The first kappa shape index (κ1) is 17.0. The molecule has 0 unspecified atom stereocenters. The van der Waals surface area contributed by atoms with Gasteiger partial charge in [0.2, 0.25) is 0 Å². The molecule has 5 heteroatoms. The van der Waals surface area contributed by atoms with Crippen molar-refractivity contribution >= 4 is 23.0 Å². The Labute approximate surface area is 160 Å². The second kappa shape index (κ2) is 7.43. The van der Waals surface area contributed by atoms with E-state index in [2.05, 4.69) is 0 Å². The minimum absolute atomic E-state index is 0.215. The largest absolute Gasteiger partial charge is 0.477 e. The van der Waals surface area contributed by atoms with Gasteiger partial charge in [0.05, 0.1) is 10.6 Å². The Kier molecular flexibility index (Phi) is 4.68. The molecule has 0 spiro atoms. The van der Waals surface area contributed by atoms with Crippen LogP contribution in [0.15, 0.2) is 96.0 Å². The lowest BCUT2D eigenvalue weighted by Gasteiger charge is -2.07. The highest BCUT2D eigenvalue weighted by atomic mass is 32.1. The van der Waals surface area contributed by atoms with Crippen LogP contribution in [-0.4, -0.2) is 15.6 Å². The van der Waals surface area contributed by atoms with Crippen molar-refractivity contribution in [1.29, 1.82) is 0 Å². The van der Waals surface area contributed by atoms with Crippen LogP contribution in [0.1, 0.15) is 10.5 Å². The fourth-order valence-corrected chi connectivity index (χ4v) is 4.01. The normalized spacial score (nSPS) is 11.5. The van der Waals surface area contributed by atoms with Crippen molar-refractivity contribution < 1.29 is 9.90 Å². The van der Waals surface area contributed by atoms with Crippen LogP contribution in [0.5, 0.6) is 0 Å². The summed E-state index contributed by atoms with van der Waals surface area (Å²) in [6, 6.07) is 28.6. The van der Waals surface area contributed by atoms with Gasteiger partial charge in [-0.05, 0) is 29.8 Å². The number of hydrogen-bond donors (Lipinski definition) is 1. The van der Waals surface area contributed by atoms with Crippen LogP contribution in [0.4, 0.5) is 5.69 Å². The molecule has 0 saturated heterocycles. The summed E-state index contributed by atoms with van der Waals surface area (Å²) in [4.78, 5) is 18.2. The number of carboxylic acid groups (broad SMARTS) is 1. The first-order valence-corrected chi connectivity index (χ1v) is 9.25.